The van der Waals surface area contributed by atoms with E-state index in [1.165, 1.54) is 31.0 Å². The molecule has 1 aromatic carbocycles. The third-order valence-electron chi connectivity index (χ3n) is 3.42. The number of urea groups is 1. The van der Waals surface area contributed by atoms with Gasteiger partial charge in [0.2, 0.25) is 0 Å². The summed E-state index contributed by atoms with van der Waals surface area (Å²) >= 11 is 0. The number of amides is 2. The van der Waals surface area contributed by atoms with Crippen molar-refractivity contribution < 1.29 is 17.8 Å². The maximum Gasteiger partial charge on any atom is 0.319 e. The topological polar surface area (TPSA) is 95.5 Å². The molecule has 0 spiro atoms. The monoisotopic (exact) mass is 298 g/mol. The Bertz CT molecular complexity index is 580. The van der Waals surface area contributed by atoms with E-state index in [1.807, 2.05) is 0 Å². The summed E-state index contributed by atoms with van der Waals surface area (Å²) in [5.41, 5.74) is 0.323. The van der Waals surface area contributed by atoms with Gasteiger partial charge in [0.1, 0.15) is 0 Å². The molecule has 6 nitrogen and oxygen atoms in total. The minimum Gasteiger partial charge on any atom is -0.338 e. The van der Waals surface area contributed by atoms with Gasteiger partial charge in [-0.2, -0.15) is 8.42 Å². The van der Waals surface area contributed by atoms with Gasteiger partial charge in [-0.3, -0.25) is 4.55 Å². The Labute approximate surface area is 118 Å². The van der Waals surface area contributed by atoms with E-state index in [4.69, 9.17) is 4.55 Å². The highest BCUT2D eigenvalue weighted by Crippen LogP contribution is 2.23. The van der Waals surface area contributed by atoms with Crippen molar-refractivity contribution in [2.24, 2.45) is 5.92 Å². The predicted molar refractivity (Wildman–Crippen MR) is 75.2 cm³/mol. The first-order valence-electron chi connectivity index (χ1n) is 6.57. The fourth-order valence-corrected chi connectivity index (χ4v) is 2.89. The van der Waals surface area contributed by atoms with E-state index in [0.717, 1.165) is 12.8 Å². The molecule has 7 heteroatoms. The SMILES string of the molecule is O=C(NCC1CCCC1)Nc1cccc(S(=O)(=O)O)c1. The lowest BCUT2D eigenvalue weighted by Crippen LogP contribution is -2.32. The van der Waals surface area contributed by atoms with E-state index in [9.17, 15) is 13.2 Å². The lowest BCUT2D eigenvalue weighted by atomic mass is 10.1. The van der Waals surface area contributed by atoms with Crippen LogP contribution in [0.25, 0.3) is 0 Å². The van der Waals surface area contributed by atoms with Crippen molar-refractivity contribution in [1.29, 1.82) is 0 Å². The molecule has 20 heavy (non-hydrogen) atoms. The van der Waals surface area contributed by atoms with E-state index in [1.54, 1.807) is 6.07 Å². The van der Waals surface area contributed by atoms with Crippen molar-refractivity contribution >= 4 is 21.8 Å². The normalized spacial score (nSPS) is 16.1. The third-order valence-corrected chi connectivity index (χ3v) is 4.27. The van der Waals surface area contributed by atoms with E-state index >= 15 is 0 Å². The summed E-state index contributed by atoms with van der Waals surface area (Å²) in [5.74, 6) is 0.532. The fourth-order valence-electron chi connectivity index (χ4n) is 2.36. The molecule has 0 aliphatic heterocycles. The lowest BCUT2D eigenvalue weighted by molar-refractivity contribution is 0.250. The van der Waals surface area contributed by atoms with Gasteiger partial charge in [0.05, 0.1) is 4.90 Å². The van der Waals surface area contributed by atoms with Crippen molar-refractivity contribution in [2.45, 2.75) is 30.6 Å². The fraction of sp³-hybridized carbons (Fsp3) is 0.462. The van der Waals surface area contributed by atoms with Crippen LogP contribution in [-0.2, 0) is 10.1 Å². The number of carbonyl (C=O) groups is 1. The Morgan fingerprint density at radius 3 is 2.65 bits per heavy atom. The van der Waals surface area contributed by atoms with E-state index in [0.29, 0.717) is 18.2 Å². The number of benzene rings is 1. The van der Waals surface area contributed by atoms with E-state index in [2.05, 4.69) is 10.6 Å². The second-order valence-corrected chi connectivity index (χ2v) is 6.41. The lowest BCUT2D eigenvalue weighted by Gasteiger charge is -2.12. The van der Waals surface area contributed by atoms with Crippen molar-refractivity contribution in [3.8, 4) is 0 Å². The Hall–Kier alpha value is -1.60. The molecular weight excluding hydrogens is 280 g/mol. The molecular formula is C13H18N2O4S. The third kappa shape index (κ3) is 4.21. The van der Waals surface area contributed by atoms with Crippen molar-refractivity contribution in [3.63, 3.8) is 0 Å². The van der Waals surface area contributed by atoms with Gasteiger partial charge in [-0.05, 0) is 37.0 Å². The Morgan fingerprint density at radius 2 is 2.00 bits per heavy atom. The first-order chi connectivity index (χ1) is 9.45. The highest BCUT2D eigenvalue weighted by atomic mass is 32.2. The van der Waals surface area contributed by atoms with Gasteiger partial charge in [-0.1, -0.05) is 18.9 Å². The highest BCUT2D eigenvalue weighted by Gasteiger charge is 2.16. The zero-order valence-corrected chi connectivity index (χ0v) is 11.8. The summed E-state index contributed by atoms with van der Waals surface area (Å²) < 4.78 is 30.9. The number of nitrogens with one attached hydrogen (secondary N) is 2. The van der Waals surface area contributed by atoms with Crippen LogP contribution in [0.15, 0.2) is 29.2 Å². The molecule has 0 saturated heterocycles. The van der Waals surface area contributed by atoms with Crippen LogP contribution < -0.4 is 10.6 Å². The standard InChI is InChI=1S/C13H18N2O4S/c16-13(14-9-10-4-1-2-5-10)15-11-6-3-7-12(8-11)20(17,18)19/h3,6-8,10H,1-2,4-5,9H2,(H2,14,15,16)(H,17,18,19). The molecule has 0 unspecified atom stereocenters. The van der Waals surface area contributed by atoms with Gasteiger partial charge in [0.25, 0.3) is 10.1 Å². The number of hydrogen-bond acceptors (Lipinski definition) is 3. The number of hydrogen-bond donors (Lipinski definition) is 3. The van der Waals surface area contributed by atoms with Gasteiger partial charge in [0, 0.05) is 12.2 Å². The first kappa shape index (κ1) is 14.8. The maximum absolute atomic E-state index is 11.7. The quantitative estimate of drug-likeness (QED) is 0.743. The largest absolute Gasteiger partial charge is 0.338 e. The summed E-state index contributed by atoms with van der Waals surface area (Å²) in [6.07, 6.45) is 4.70. The first-order valence-corrected chi connectivity index (χ1v) is 8.01. The highest BCUT2D eigenvalue weighted by molar-refractivity contribution is 7.85. The molecule has 0 radical (unpaired) electrons. The van der Waals surface area contributed by atoms with Crippen LogP contribution in [0.2, 0.25) is 0 Å². The molecule has 0 atom stereocenters. The predicted octanol–water partition coefficient (Wildman–Crippen LogP) is 2.25. The Kier molecular flexibility index (Phi) is 4.61. The van der Waals surface area contributed by atoms with Crippen LogP contribution in [0.4, 0.5) is 10.5 Å². The summed E-state index contributed by atoms with van der Waals surface area (Å²) in [6, 6.07) is 5.12. The molecule has 1 saturated carbocycles. The second kappa shape index (κ2) is 6.23. The molecule has 1 aromatic rings. The molecule has 110 valence electrons. The van der Waals surface area contributed by atoms with Crippen molar-refractivity contribution in [3.05, 3.63) is 24.3 Å². The number of carbonyl (C=O) groups excluding carboxylic acids is 1. The van der Waals surface area contributed by atoms with Gasteiger partial charge >= 0.3 is 6.03 Å². The molecule has 3 N–H and O–H groups in total. The van der Waals surface area contributed by atoms with Crippen LogP contribution in [0.1, 0.15) is 25.7 Å². The van der Waals surface area contributed by atoms with Crippen molar-refractivity contribution in [2.75, 3.05) is 11.9 Å². The molecule has 2 rings (SSSR count). The van der Waals surface area contributed by atoms with Crippen LogP contribution in [-0.4, -0.2) is 25.5 Å². The minimum absolute atomic E-state index is 0.244. The van der Waals surface area contributed by atoms with Crippen LogP contribution >= 0.6 is 0 Å². The molecule has 0 heterocycles. The van der Waals surface area contributed by atoms with Crippen molar-refractivity contribution in [1.82, 2.24) is 5.32 Å². The second-order valence-electron chi connectivity index (χ2n) is 4.99. The molecule has 1 aliphatic carbocycles. The minimum atomic E-state index is -4.26. The Morgan fingerprint density at radius 1 is 1.30 bits per heavy atom. The van der Waals surface area contributed by atoms with Gasteiger partial charge < -0.3 is 10.6 Å². The summed E-state index contributed by atoms with van der Waals surface area (Å²) in [6.45, 7) is 0.629. The van der Waals surface area contributed by atoms with Gasteiger partial charge in [0.15, 0.2) is 0 Å². The van der Waals surface area contributed by atoms with Crippen LogP contribution in [0.5, 0.6) is 0 Å². The number of anilines is 1. The van der Waals surface area contributed by atoms with Crippen LogP contribution in [0, 0.1) is 5.92 Å². The zero-order chi connectivity index (χ0) is 14.6. The smallest absolute Gasteiger partial charge is 0.319 e. The summed E-state index contributed by atoms with van der Waals surface area (Å²) in [5, 5.41) is 5.32. The molecule has 1 fully saturated rings. The van der Waals surface area contributed by atoms with E-state index < -0.39 is 10.1 Å². The summed E-state index contributed by atoms with van der Waals surface area (Å²) in [4.78, 5) is 11.5. The maximum atomic E-state index is 11.7. The van der Waals surface area contributed by atoms with Gasteiger partial charge in [-0.15, -0.1) is 0 Å². The zero-order valence-electron chi connectivity index (χ0n) is 11.0. The molecule has 1 aliphatic rings. The van der Waals surface area contributed by atoms with Crippen LogP contribution in [0.3, 0.4) is 0 Å². The van der Waals surface area contributed by atoms with Gasteiger partial charge in [-0.25, -0.2) is 4.79 Å². The average molecular weight is 298 g/mol. The Balaban J connectivity index is 1.90. The molecule has 2 amide bonds. The molecule has 0 aromatic heterocycles. The summed E-state index contributed by atoms with van der Waals surface area (Å²) in [7, 11) is -4.26. The molecule has 0 bridgehead atoms. The number of rotatable bonds is 4. The average Bonchev–Trinajstić information content (AvgIpc) is 2.89. The van der Waals surface area contributed by atoms with E-state index in [-0.39, 0.29) is 10.9 Å².